The molecule has 0 bridgehead atoms. The van der Waals surface area contributed by atoms with E-state index in [0.29, 0.717) is 11.4 Å². The van der Waals surface area contributed by atoms with Crippen molar-refractivity contribution in [3.8, 4) is 0 Å². The van der Waals surface area contributed by atoms with Gasteiger partial charge < -0.3 is 10.6 Å². The molecule has 0 saturated carbocycles. The minimum atomic E-state index is -0.669. The number of nitrogens with two attached hydrogens (primary N) is 1. The molecule has 1 amide bonds. The highest BCUT2D eigenvalue weighted by molar-refractivity contribution is 7.14. The van der Waals surface area contributed by atoms with Crippen molar-refractivity contribution in [1.82, 2.24) is 9.55 Å². The fourth-order valence-electron chi connectivity index (χ4n) is 2.46. The van der Waals surface area contributed by atoms with Crippen molar-refractivity contribution in [2.24, 2.45) is 0 Å². The zero-order chi connectivity index (χ0) is 17.3. The molecule has 2 aromatic heterocycles. The van der Waals surface area contributed by atoms with Gasteiger partial charge in [0.25, 0.3) is 11.5 Å². The zero-order valence-corrected chi connectivity index (χ0v) is 14.4. The molecule has 0 fully saturated rings. The number of hydrogen-bond acceptors (Lipinski definition) is 5. The summed E-state index contributed by atoms with van der Waals surface area (Å²) in [4.78, 5) is 41.5. The molecule has 124 valence electrons. The average Bonchev–Trinajstić information content (AvgIpc) is 2.87. The van der Waals surface area contributed by atoms with Crippen molar-refractivity contribution in [3.63, 3.8) is 0 Å². The van der Waals surface area contributed by atoms with Crippen LogP contribution in [0.2, 0.25) is 0 Å². The quantitative estimate of drug-likeness (QED) is 0.880. The Hall–Kier alpha value is -2.35. The van der Waals surface area contributed by atoms with Crippen molar-refractivity contribution in [2.75, 3.05) is 17.7 Å². The van der Waals surface area contributed by atoms with E-state index in [1.165, 1.54) is 27.9 Å². The van der Waals surface area contributed by atoms with Crippen LogP contribution in [0, 0.1) is 6.92 Å². The molecule has 0 unspecified atom stereocenters. The van der Waals surface area contributed by atoms with Crippen molar-refractivity contribution in [3.05, 3.63) is 42.2 Å². The van der Waals surface area contributed by atoms with Crippen LogP contribution >= 0.6 is 11.3 Å². The highest BCUT2D eigenvalue weighted by atomic mass is 32.1. The lowest BCUT2D eigenvalue weighted by atomic mass is 10.2. The van der Waals surface area contributed by atoms with Gasteiger partial charge in [0, 0.05) is 18.5 Å². The molecule has 2 aromatic rings. The molecule has 3 N–H and O–H groups in total. The minimum absolute atomic E-state index is 0.0129. The van der Waals surface area contributed by atoms with Gasteiger partial charge >= 0.3 is 5.69 Å². The Morgan fingerprint density at radius 1 is 1.39 bits per heavy atom. The summed E-state index contributed by atoms with van der Waals surface area (Å²) in [6.45, 7) is 6.01. The largest absolute Gasteiger partial charge is 0.383 e. The van der Waals surface area contributed by atoms with Crippen LogP contribution in [-0.4, -0.2) is 22.5 Å². The predicted molar refractivity (Wildman–Crippen MR) is 92.6 cm³/mol. The molecule has 23 heavy (non-hydrogen) atoms. The number of carbonyl (C=O) groups excluding carboxylic acids is 1. The van der Waals surface area contributed by atoms with Crippen LogP contribution < -0.4 is 21.9 Å². The first-order chi connectivity index (χ1) is 10.8. The highest BCUT2D eigenvalue weighted by Gasteiger charge is 2.23. The zero-order valence-electron chi connectivity index (χ0n) is 13.6. The van der Waals surface area contributed by atoms with E-state index in [4.69, 9.17) is 5.73 Å². The van der Waals surface area contributed by atoms with Gasteiger partial charge in [-0.3, -0.25) is 19.1 Å². The summed E-state index contributed by atoms with van der Waals surface area (Å²) in [5.41, 5.74) is 5.71. The number of nitrogens with one attached hydrogen (secondary N) is 1. The maximum absolute atomic E-state index is 12.7. The molecule has 0 aliphatic carbocycles. The molecule has 0 spiro atoms. The predicted octanol–water partition coefficient (Wildman–Crippen LogP) is 1.35. The van der Waals surface area contributed by atoms with Crippen LogP contribution in [0.1, 0.15) is 34.0 Å². The lowest BCUT2D eigenvalue weighted by Crippen LogP contribution is -2.38. The number of hydrogen-bond donors (Lipinski definition) is 2. The molecule has 0 atom stereocenters. The van der Waals surface area contributed by atoms with E-state index in [1.807, 2.05) is 19.9 Å². The first-order valence-corrected chi connectivity index (χ1v) is 8.13. The van der Waals surface area contributed by atoms with E-state index in [2.05, 4.69) is 4.98 Å². The second kappa shape index (κ2) is 6.41. The Morgan fingerprint density at radius 3 is 2.57 bits per heavy atom. The highest BCUT2D eigenvalue weighted by Crippen LogP contribution is 2.25. The van der Waals surface area contributed by atoms with Gasteiger partial charge in [0.2, 0.25) is 0 Å². The van der Waals surface area contributed by atoms with E-state index in [0.717, 1.165) is 16.9 Å². The van der Waals surface area contributed by atoms with Crippen LogP contribution in [0.15, 0.2) is 15.7 Å². The number of amides is 1. The number of aryl methyl sites for hydroxylation is 2. The van der Waals surface area contributed by atoms with Gasteiger partial charge in [-0.2, -0.15) is 0 Å². The summed E-state index contributed by atoms with van der Waals surface area (Å²) >= 11 is 1.40. The summed E-state index contributed by atoms with van der Waals surface area (Å²) in [5.74, 6) is -0.336. The van der Waals surface area contributed by atoms with Gasteiger partial charge in [0.15, 0.2) is 5.69 Å². The summed E-state index contributed by atoms with van der Waals surface area (Å²) in [6.07, 6.45) is 0.844. The summed E-state index contributed by atoms with van der Waals surface area (Å²) < 4.78 is 1.22. The molecule has 0 saturated heterocycles. The fraction of sp³-hybridized carbons (Fsp3) is 0.400. The van der Waals surface area contributed by atoms with Gasteiger partial charge in [-0.25, -0.2) is 4.79 Å². The first-order valence-electron chi connectivity index (χ1n) is 7.31. The third kappa shape index (κ3) is 2.94. The molecular formula is C15H20N4O3S. The van der Waals surface area contributed by atoms with Gasteiger partial charge in [0.05, 0.1) is 4.88 Å². The second-order valence-electron chi connectivity index (χ2n) is 5.17. The molecule has 0 aliphatic heterocycles. The molecule has 2 rings (SSSR count). The fourth-order valence-corrected chi connectivity index (χ4v) is 3.55. The Labute approximate surface area is 137 Å². The van der Waals surface area contributed by atoms with Crippen molar-refractivity contribution in [1.29, 1.82) is 0 Å². The molecule has 8 heteroatoms. The van der Waals surface area contributed by atoms with Crippen molar-refractivity contribution < 1.29 is 4.79 Å². The number of thiophene rings is 1. The molecule has 2 heterocycles. The monoisotopic (exact) mass is 336 g/mol. The number of H-pyrrole nitrogens is 1. The van der Waals surface area contributed by atoms with Crippen molar-refractivity contribution in [2.45, 2.75) is 33.7 Å². The second-order valence-corrected chi connectivity index (χ2v) is 6.31. The van der Waals surface area contributed by atoms with E-state index in [-0.39, 0.29) is 17.4 Å². The SMILES string of the molecule is CCc1sc(C(=O)N(C)c2c(N)n(CC)c(=O)[nH]c2=O)cc1C. The number of aromatic nitrogens is 2. The first kappa shape index (κ1) is 17.0. The molecule has 0 aliphatic rings. The molecule has 7 nitrogen and oxygen atoms in total. The van der Waals surface area contributed by atoms with Gasteiger partial charge in [-0.05, 0) is 31.9 Å². The Kier molecular flexibility index (Phi) is 4.74. The van der Waals surface area contributed by atoms with Crippen LogP contribution in [0.4, 0.5) is 11.5 Å². The molecule has 0 radical (unpaired) electrons. The van der Waals surface area contributed by atoms with Crippen LogP contribution in [-0.2, 0) is 13.0 Å². The van der Waals surface area contributed by atoms with Gasteiger partial charge in [-0.1, -0.05) is 6.92 Å². The number of rotatable bonds is 4. The van der Waals surface area contributed by atoms with Crippen LogP contribution in [0.3, 0.4) is 0 Å². The van der Waals surface area contributed by atoms with Crippen molar-refractivity contribution >= 4 is 28.7 Å². The van der Waals surface area contributed by atoms with Crippen LogP contribution in [0.25, 0.3) is 0 Å². The topological polar surface area (TPSA) is 101 Å². The summed E-state index contributed by atoms with van der Waals surface area (Å²) in [5, 5.41) is 0. The maximum Gasteiger partial charge on any atom is 0.330 e. The van der Waals surface area contributed by atoms with Gasteiger partial charge in [-0.15, -0.1) is 11.3 Å². The maximum atomic E-state index is 12.7. The smallest absolute Gasteiger partial charge is 0.330 e. The Balaban J connectivity index is 2.51. The van der Waals surface area contributed by atoms with Crippen LogP contribution in [0.5, 0.6) is 0 Å². The Morgan fingerprint density at radius 2 is 2.04 bits per heavy atom. The standard InChI is InChI=1S/C15H20N4O3S/c1-5-9-8(3)7-10(23-9)14(21)18(4)11-12(16)19(6-2)15(22)17-13(11)20/h7H,5-6,16H2,1-4H3,(H,17,20,22). The number of nitrogens with zero attached hydrogens (tertiary/aromatic N) is 2. The third-order valence-electron chi connectivity index (χ3n) is 3.72. The lowest BCUT2D eigenvalue weighted by molar-refractivity contribution is 0.0996. The van der Waals surface area contributed by atoms with E-state index in [1.54, 1.807) is 6.92 Å². The van der Waals surface area contributed by atoms with E-state index >= 15 is 0 Å². The third-order valence-corrected chi connectivity index (χ3v) is 5.09. The minimum Gasteiger partial charge on any atom is -0.383 e. The number of nitrogen functional groups attached to an aromatic ring is 1. The number of carbonyl (C=O) groups is 1. The van der Waals surface area contributed by atoms with E-state index < -0.39 is 11.2 Å². The van der Waals surface area contributed by atoms with Gasteiger partial charge in [0.1, 0.15) is 5.82 Å². The molecule has 0 aromatic carbocycles. The Bertz CT molecular complexity index is 863. The molecular weight excluding hydrogens is 316 g/mol. The summed E-state index contributed by atoms with van der Waals surface area (Å²) in [7, 11) is 1.48. The number of aromatic amines is 1. The van der Waals surface area contributed by atoms with E-state index in [9.17, 15) is 14.4 Å². The normalized spacial score (nSPS) is 10.8. The lowest BCUT2D eigenvalue weighted by Gasteiger charge is -2.19. The average molecular weight is 336 g/mol. The number of anilines is 2. The summed E-state index contributed by atoms with van der Waals surface area (Å²) in [6, 6.07) is 1.81.